The molecule has 0 spiro atoms. The average molecular weight is 240 g/mol. The summed E-state index contributed by atoms with van der Waals surface area (Å²) in [5.41, 5.74) is 1.08. The van der Waals surface area contributed by atoms with Crippen molar-refractivity contribution in [3.63, 3.8) is 0 Å². The highest BCUT2D eigenvalue weighted by Crippen LogP contribution is 2.33. The summed E-state index contributed by atoms with van der Waals surface area (Å²) in [6.07, 6.45) is 0.532. The zero-order valence-corrected chi connectivity index (χ0v) is 10.0. The molecule has 0 aromatic heterocycles. The van der Waals surface area contributed by atoms with E-state index in [0.717, 1.165) is 5.56 Å². The molecule has 1 fully saturated rings. The highest BCUT2D eigenvalue weighted by molar-refractivity contribution is 6.32. The molecule has 1 saturated heterocycles. The van der Waals surface area contributed by atoms with Crippen molar-refractivity contribution in [2.75, 3.05) is 7.11 Å². The third-order valence-corrected chi connectivity index (χ3v) is 3.30. The van der Waals surface area contributed by atoms with Crippen LogP contribution in [0.1, 0.15) is 24.8 Å². The summed E-state index contributed by atoms with van der Waals surface area (Å²) in [5, 5.41) is 3.49. The van der Waals surface area contributed by atoms with E-state index < -0.39 is 0 Å². The van der Waals surface area contributed by atoms with Gasteiger partial charge >= 0.3 is 0 Å². The van der Waals surface area contributed by atoms with Gasteiger partial charge in [0, 0.05) is 18.4 Å². The fourth-order valence-corrected chi connectivity index (χ4v) is 2.38. The maximum atomic E-state index is 11.3. The van der Waals surface area contributed by atoms with E-state index in [1.54, 1.807) is 7.11 Å². The molecule has 1 amide bonds. The molecule has 4 heteroatoms. The number of amides is 1. The van der Waals surface area contributed by atoms with Gasteiger partial charge in [-0.15, -0.1) is 0 Å². The number of hydrogen-bond donors (Lipinski definition) is 1. The Balaban J connectivity index is 2.28. The van der Waals surface area contributed by atoms with Crippen molar-refractivity contribution in [2.24, 2.45) is 0 Å². The quantitative estimate of drug-likeness (QED) is 0.860. The molecule has 2 rings (SSSR count). The van der Waals surface area contributed by atoms with Crippen molar-refractivity contribution in [1.29, 1.82) is 0 Å². The lowest BCUT2D eigenvalue weighted by atomic mass is 9.93. The van der Waals surface area contributed by atoms with Gasteiger partial charge < -0.3 is 10.1 Å². The Morgan fingerprint density at radius 3 is 2.75 bits per heavy atom. The fourth-order valence-electron chi connectivity index (χ4n) is 2.11. The van der Waals surface area contributed by atoms with Crippen molar-refractivity contribution in [1.82, 2.24) is 5.32 Å². The molecule has 1 aromatic rings. The average Bonchev–Trinajstić information content (AvgIpc) is 2.58. The number of carbonyl (C=O) groups is 1. The fraction of sp³-hybridized carbons (Fsp3) is 0.417. The Morgan fingerprint density at radius 2 is 2.25 bits per heavy atom. The number of carbonyl (C=O) groups excluding carboxylic acids is 1. The number of ether oxygens (including phenoxy) is 1. The smallest absolute Gasteiger partial charge is 0.220 e. The van der Waals surface area contributed by atoms with Crippen LogP contribution >= 0.6 is 11.6 Å². The number of halogens is 1. The summed E-state index contributed by atoms with van der Waals surface area (Å²) in [7, 11) is 1.59. The predicted molar refractivity (Wildman–Crippen MR) is 63.0 cm³/mol. The molecular formula is C12H14ClNO2. The first-order valence-corrected chi connectivity index (χ1v) is 5.62. The van der Waals surface area contributed by atoms with Gasteiger partial charge in [0.2, 0.25) is 5.91 Å². The highest BCUT2D eigenvalue weighted by atomic mass is 35.5. The van der Waals surface area contributed by atoms with Gasteiger partial charge in [0.15, 0.2) is 0 Å². The molecule has 86 valence electrons. The van der Waals surface area contributed by atoms with E-state index >= 15 is 0 Å². The Labute approximate surface area is 99.7 Å². The minimum Gasteiger partial charge on any atom is -0.495 e. The molecule has 0 radical (unpaired) electrons. The summed E-state index contributed by atoms with van der Waals surface area (Å²) >= 11 is 6.06. The number of benzene rings is 1. The van der Waals surface area contributed by atoms with Gasteiger partial charge in [-0.3, -0.25) is 4.79 Å². The predicted octanol–water partition coefficient (Wildman–Crippen LogP) is 2.34. The van der Waals surface area contributed by atoms with Crippen molar-refractivity contribution in [3.05, 3.63) is 28.8 Å². The third kappa shape index (κ3) is 2.00. The zero-order valence-electron chi connectivity index (χ0n) is 9.29. The first kappa shape index (κ1) is 11.3. The standard InChI is InChI=1S/C12H14ClNO2/c1-7-9(6-12(15)14-7)8-3-4-11(16-2)10(13)5-8/h3-5,7,9H,6H2,1-2H3,(H,14,15). The van der Waals surface area contributed by atoms with Gasteiger partial charge in [-0.1, -0.05) is 17.7 Å². The second-order valence-corrected chi connectivity index (χ2v) is 4.47. The molecule has 0 saturated carbocycles. The van der Waals surface area contributed by atoms with E-state index in [-0.39, 0.29) is 17.9 Å². The molecule has 1 aliphatic rings. The minimum atomic E-state index is 0.101. The zero-order chi connectivity index (χ0) is 11.7. The lowest BCUT2D eigenvalue weighted by molar-refractivity contribution is -0.119. The van der Waals surface area contributed by atoms with Crippen LogP contribution in [-0.4, -0.2) is 19.1 Å². The van der Waals surface area contributed by atoms with E-state index in [4.69, 9.17) is 16.3 Å². The van der Waals surface area contributed by atoms with E-state index in [1.807, 2.05) is 25.1 Å². The Bertz CT molecular complexity index is 419. The molecule has 1 aliphatic heterocycles. The molecule has 2 unspecified atom stereocenters. The van der Waals surface area contributed by atoms with Gasteiger partial charge in [-0.2, -0.15) is 0 Å². The van der Waals surface area contributed by atoms with Crippen LogP contribution in [0.4, 0.5) is 0 Å². The van der Waals surface area contributed by atoms with Gasteiger partial charge in [-0.05, 0) is 24.6 Å². The number of nitrogens with one attached hydrogen (secondary N) is 1. The second kappa shape index (κ2) is 4.34. The number of hydrogen-bond acceptors (Lipinski definition) is 2. The van der Waals surface area contributed by atoms with Crippen LogP contribution in [0.25, 0.3) is 0 Å². The third-order valence-electron chi connectivity index (χ3n) is 3.00. The second-order valence-electron chi connectivity index (χ2n) is 4.06. The van der Waals surface area contributed by atoms with Gasteiger partial charge in [0.25, 0.3) is 0 Å². The Morgan fingerprint density at radius 1 is 1.50 bits per heavy atom. The summed E-state index contributed by atoms with van der Waals surface area (Å²) in [4.78, 5) is 11.3. The van der Waals surface area contributed by atoms with Crippen molar-refractivity contribution in [2.45, 2.75) is 25.3 Å². The molecule has 0 aliphatic carbocycles. The normalized spacial score (nSPS) is 24.3. The van der Waals surface area contributed by atoms with Gasteiger partial charge in [-0.25, -0.2) is 0 Å². The van der Waals surface area contributed by atoms with Crippen LogP contribution in [0, 0.1) is 0 Å². The van der Waals surface area contributed by atoms with Gasteiger partial charge in [0.1, 0.15) is 5.75 Å². The lowest BCUT2D eigenvalue weighted by Gasteiger charge is -2.15. The first-order valence-electron chi connectivity index (χ1n) is 5.24. The van der Waals surface area contributed by atoms with Crippen molar-refractivity contribution >= 4 is 17.5 Å². The lowest BCUT2D eigenvalue weighted by Crippen LogP contribution is -2.24. The minimum absolute atomic E-state index is 0.101. The van der Waals surface area contributed by atoms with Crippen LogP contribution in [0.3, 0.4) is 0 Å². The van der Waals surface area contributed by atoms with Crippen LogP contribution in [0.2, 0.25) is 5.02 Å². The highest BCUT2D eigenvalue weighted by Gasteiger charge is 2.30. The van der Waals surface area contributed by atoms with Crippen molar-refractivity contribution in [3.8, 4) is 5.75 Å². The van der Waals surface area contributed by atoms with Crippen LogP contribution in [0.15, 0.2) is 18.2 Å². The molecule has 0 bridgehead atoms. The summed E-state index contributed by atoms with van der Waals surface area (Å²) < 4.78 is 5.10. The van der Waals surface area contributed by atoms with Crippen LogP contribution in [-0.2, 0) is 4.79 Å². The molecule has 1 N–H and O–H groups in total. The maximum absolute atomic E-state index is 11.3. The molecular weight excluding hydrogens is 226 g/mol. The monoisotopic (exact) mass is 239 g/mol. The van der Waals surface area contributed by atoms with E-state index in [1.165, 1.54) is 0 Å². The Kier molecular flexibility index (Phi) is 3.06. The molecule has 3 nitrogen and oxygen atoms in total. The largest absolute Gasteiger partial charge is 0.495 e. The maximum Gasteiger partial charge on any atom is 0.220 e. The number of rotatable bonds is 2. The van der Waals surface area contributed by atoms with E-state index in [9.17, 15) is 4.79 Å². The van der Waals surface area contributed by atoms with Crippen molar-refractivity contribution < 1.29 is 9.53 Å². The molecule has 16 heavy (non-hydrogen) atoms. The summed E-state index contributed by atoms with van der Waals surface area (Å²) in [6.45, 7) is 2.01. The first-order chi connectivity index (χ1) is 7.61. The topological polar surface area (TPSA) is 38.3 Å². The van der Waals surface area contributed by atoms with Gasteiger partial charge in [0.05, 0.1) is 12.1 Å². The van der Waals surface area contributed by atoms with E-state index in [0.29, 0.717) is 17.2 Å². The molecule has 1 heterocycles. The Hall–Kier alpha value is -1.22. The molecule has 2 atom stereocenters. The number of methoxy groups -OCH3 is 1. The summed E-state index contributed by atoms with van der Waals surface area (Å²) in [6, 6.07) is 5.85. The van der Waals surface area contributed by atoms with E-state index in [2.05, 4.69) is 5.32 Å². The SMILES string of the molecule is COc1ccc(C2CC(=O)NC2C)cc1Cl. The summed E-state index contributed by atoms with van der Waals surface area (Å²) in [5.74, 6) is 0.968. The molecule has 1 aromatic carbocycles. The van der Waals surface area contributed by atoms with Crippen LogP contribution < -0.4 is 10.1 Å². The van der Waals surface area contributed by atoms with Crippen LogP contribution in [0.5, 0.6) is 5.75 Å².